The maximum Gasteiger partial charge on any atom is 0.151 e. The smallest absolute Gasteiger partial charge is 0.151 e. The van der Waals surface area contributed by atoms with Crippen LogP contribution in [0.5, 0.6) is 0 Å². The summed E-state index contributed by atoms with van der Waals surface area (Å²) in [6.07, 6.45) is -0.224. The Hall–Kier alpha value is -0.460. The van der Waals surface area contributed by atoms with Gasteiger partial charge < -0.3 is 4.55 Å². The molecule has 2 atom stereocenters. The van der Waals surface area contributed by atoms with E-state index in [9.17, 15) is 8.94 Å². The first-order valence-electron chi connectivity index (χ1n) is 6.53. The van der Waals surface area contributed by atoms with Gasteiger partial charge in [0.15, 0.2) is 5.71 Å². The van der Waals surface area contributed by atoms with E-state index in [1.54, 1.807) is 18.2 Å². The van der Waals surface area contributed by atoms with Crippen molar-refractivity contribution in [3.8, 4) is 0 Å². The molecule has 0 amide bonds. The van der Waals surface area contributed by atoms with Gasteiger partial charge in [0.05, 0.1) is 5.69 Å². The van der Waals surface area contributed by atoms with E-state index in [1.165, 1.54) is 0 Å². The van der Waals surface area contributed by atoms with Crippen LogP contribution in [0.4, 0.5) is 4.39 Å². The van der Waals surface area contributed by atoms with Crippen molar-refractivity contribution in [2.24, 2.45) is 4.40 Å². The van der Waals surface area contributed by atoms with Crippen LogP contribution in [0.15, 0.2) is 27.2 Å². The molecule has 1 rings (SSSR count). The minimum absolute atomic E-state index is 0.168. The molecular weight excluding hydrogens is 343 g/mol. The monoisotopic (exact) mass is 362 g/mol. The minimum atomic E-state index is -1.51. The van der Waals surface area contributed by atoms with Crippen molar-refractivity contribution >= 4 is 33.0 Å². The number of alkyl halides is 1. The molecular formula is C14H20BrFN2OS. The van der Waals surface area contributed by atoms with E-state index in [0.29, 0.717) is 23.1 Å². The molecule has 0 aliphatic carbocycles. The molecule has 0 N–H and O–H groups in total. The van der Waals surface area contributed by atoms with Crippen molar-refractivity contribution in [2.45, 2.75) is 51.5 Å². The third-order valence-electron chi connectivity index (χ3n) is 2.52. The van der Waals surface area contributed by atoms with Gasteiger partial charge in [0.1, 0.15) is 26.9 Å². The highest BCUT2D eigenvalue weighted by Gasteiger charge is 2.30. The Morgan fingerprint density at radius 2 is 2.15 bits per heavy atom. The SMILES string of the molecule is CCCC(F)C(=N[S+]([O-])C(C)(C)C)c1cccc(Br)n1. The molecule has 0 saturated carbocycles. The zero-order valence-electron chi connectivity index (χ0n) is 12.2. The summed E-state index contributed by atoms with van der Waals surface area (Å²) < 4.78 is 30.7. The van der Waals surface area contributed by atoms with E-state index in [-0.39, 0.29) is 5.71 Å². The van der Waals surface area contributed by atoms with Crippen LogP contribution in [0.25, 0.3) is 0 Å². The van der Waals surface area contributed by atoms with Crippen LogP contribution in [0, 0.1) is 0 Å². The summed E-state index contributed by atoms with van der Waals surface area (Å²) in [4.78, 5) is 4.22. The number of rotatable bonds is 5. The molecule has 1 aromatic rings. The molecule has 0 aromatic carbocycles. The quantitative estimate of drug-likeness (QED) is 0.446. The predicted octanol–water partition coefficient (Wildman–Crippen LogP) is 4.23. The lowest BCUT2D eigenvalue weighted by Crippen LogP contribution is -2.29. The molecule has 2 unspecified atom stereocenters. The maximum atomic E-state index is 14.3. The Bertz CT molecular complexity index is 476. The molecule has 0 radical (unpaired) electrons. The normalized spacial score (nSPS) is 16.1. The highest BCUT2D eigenvalue weighted by molar-refractivity contribution is 9.10. The van der Waals surface area contributed by atoms with Crippen molar-refractivity contribution in [3.63, 3.8) is 0 Å². The molecule has 0 fully saturated rings. The second-order valence-corrected chi connectivity index (χ2v) is 8.16. The van der Waals surface area contributed by atoms with Crippen molar-refractivity contribution in [3.05, 3.63) is 28.5 Å². The molecule has 20 heavy (non-hydrogen) atoms. The standard InChI is InChI=1S/C14H20BrFN2OS/c1-5-7-10(16)13(18-20(19)14(2,3)4)11-8-6-9-12(15)17-11/h6,8-10H,5,7H2,1-4H3. The van der Waals surface area contributed by atoms with Crippen LogP contribution in [0.3, 0.4) is 0 Å². The molecule has 112 valence electrons. The van der Waals surface area contributed by atoms with Crippen LogP contribution >= 0.6 is 15.9 Å². The van der Waals surface area contributed by atoms with Crippen LogP contribution in [-0.4, -0.2) is 26.2 Å². The number of nitrogens with zero attached hydrogens (tertiary/aromatic N) is 2. The second kappa shape index (κ2) is 7.52. The van der Waals surface area contributed by atoms with Crippen LogP contribution in [0.2, 0.25) is 0 Å². The second-order valence-electron chi connectivity index (χ2n) is 5.44. The predicted molar refractivity (Wildman–Crippen MR) is 86.2 cm³/mol. The van der Waals surface area contributed by atoms with Gasteiger partial charge in [0, 0.05) is 0 Å². The third kappa shape index (κ3) is 5.14. The zero-order valence-corrected chi connectivity index (χ0v) is 14.6. The van der Waals surface area contributed by atoms with Gasteiger partial charge in [-0.1, -0.05) is 23.8 Å². The summed E-state index contributed by atoms with van der Waals surface area (Å²) in [6, 6.07) is 5.21. The lowest BCUT2D eigenvalue weighted by molar-refractivity contribution is 0.398. The van der Waals surface area contributed by atoms with Crippen LogP contribution < -0.4 is 0 Å². The first kappa shape index (κ1) is 17.6. The van der Waals surface area contributed by atoms with Gasteiger partial charge in [-0.2, -0.15) is 0 Å². The zero-order chi connectivity index (χ0) is 15.3. The average molecular weight is 363 g/mol. The molecule has 1 aromatic heterocycles. The molecule has 0 spiro atoms. The molecule has 0 aliphatic heterocycles. The van der Waals surface area contributed by atoms with Gasteiger partial charge in [-0.15, -0.1) is 0 Å². The Labute approximate surface area is 131 Å². The number of aromatic nitrogens is 1. The van der Waals surface area contributed by atoms with Crippen molar-refractivity contribution in [1.82, 2.24) is 4.98 Å². The first-order valence-corrected chi connectivity index (χ1v) is 8.43. The highest BCUT2D eigenvalue weighted by Crippen LogP contribution is 2.21. The summed E-state index contributed by atoms with van der Waals surface area (Å²) in [5, 5.41) is 0. The van der Waals surface area contributed by atoms with E-state index in [4.69, 9.17) is 0 Å². The fraction of sp³-hybridized carbons (Fsp3) is 0.571. The van der Waals surface area contributed by atoms with Gasteiger partial charge in [-0.25, -0.2) is 9.37 Å². The molecule has 0 bridgehead atoms. The van der Waals surface area contributed by atoms with E-state index in [0.717, 1.165) is 0 Å². The largest absolute Gasteiger partial charge is 0.591 e. The van der Waals surface area contributed by atoms with Gasteiger partial charge in [-0.05, 0) is 55.3 Å². The molecule has 0 aliphatic rings. The summed E-state index contributed by atoms with van der Waals surface area (Å²) >= 11 is 1.75. The summed E-state index contributed by atoms with van der Waals surface area (Å²) in [5.74, 6) is 0. The van der Waals surface area contributed by atoms with E-state index >= 15 is 0 Å². The number of hydrogen-bond donors (Lipinski definition) is 0. The lowest BCUT2D eigenvalue weighted by Gasteiger charge is -2.20. The maximum absolute atomic E-state index is 14.3. The first-order chi connectivity index (χ1) is 9.25. The van der Waals surface area contributed by atoms with Gasteiger partial charge in [-0.3, -0.25) is 0 Å². The van der Waals surface area contributed by atoms with Gasteiger partial charge in [0.2, 0.25) is 0 Å². The summed E-state index contributed by atoms with van der Waals surface area (Å²) in [7, 11) is 0. The van der Waals surface area contributed by atoms with Gasteiger partial charge in [0.25, 0.3) is 0 Å². The van der Waals surface area contributed by atoms with Crippen LogP contribution in [-0.2, 0) is 11.4 Å². The molecule has 6 heteroatoms. The minimum Gasteiger partial charge on any atom is -0.591 e. The Balaban J connectivity index is 3.18. The van der Waals surface area contributed by atoms with Crippen molar-refractivity contribution < 1.29 is 8.94 Å². The average Bonchev–Trinajstić information content (AvgIpc) is 2.34. The number of hydrogen-bond acceptors (Lipinski definition) is 3. The fourth-order valence-electron chi connectivity index (χ4n) is 1.43. The molecule has 0 saturated heterocycles. The Morgan fingerprint density at radius 3 is 2.65 bits per heavy atom. The fourth-order valence-corrected chi connectivity index (χ4v) is 2.44. The van der Waals surface area contributed by atoms with Crippen molar-refractivity contribution in [1.29, 1.82) is 0 Å². The summed E-state index contributed by atoms with van der Waals surface area (Å²) in [5.41, 5.74) is 0.597. The van der Waals surface area contributed by atoms with Crippen LogP contribution in [0.1, 0.15) is 46.2 Å². The summed E-state index contributed by atoms with van der Waals surface area (Å²) in [6.45, 7) is 7.34. The van der Waals surface area contributed by atoms with E-state index < -0.39 is 22.3 Å². The van der Waals surface area contributed by atoms with E-state index in [2.05, 4.69) is 25.3 Å². The Morgan fingerprint density at radius 1 is 1.50 bits per heavy atom. The van der Waals surface area contributed by atoms with E-state index in [1.807, 2.05) is 27.7 Å². The highest BCUT2D eigenvalue weighted by atomic mass is 79.9. The van der Waals surface area contributed by atoms with Gasteiger partial charge >= 0.3 is 0 Å². The van der Waals surface area contributed by atoms with Crippen molar-refractivity contribution in [2.75, 3.05) is 0 Å². The Kier molecular flexibility index (Phi) is 6.61. The number of pyridine rings is 1. The third-order valence-corrected chi connectivity index (χ3v) is 4.37. The molecule has 3 nitrogen and oxygen atoms in total. The lowest BCUT2D eigenvalue weighted by atomic mass is 10.1. The number of halogens is 2. The molecule has 1 heterocycles. The topological polar surface area (TPSA) is 48.3 Å².